The van der Waals surface area contributed by atoms with Crippen molar-refractivity contribution < 1.29 is 24.5 Å². The van der Waals surface area contributed by atoms with Crippen LogP contribution in [0.4, 0.5) is 4.39 Å². The van der Waals surface area contributed by atoms with E-state index in [1.165, 1.54) is 56.0 Å². The molecule has 2 nitrogen and oxygen atoms in total. The Hall–Kier alpha value is -4.58. The molecule has 0 N–H and O–H groups in total. The van der Waals surface area contributed by atoms with Crippen LogP contribution in [0.15, 0.2) is 128 Å². The van der Waals surface area contributed by atoms with Gasteiger partial charge in [0.05, 0.1) is 12.8 Å². The fourth-order valence-corrected chi connectivity index (χ4v) is 9.57. The van der Waals surface area contributed by atoms with E-state index in [2.05, 4.69) is 130 Å². The van der Waals surface area contributed by atoms with Crippen LogP contribution in [0.3, 0.4) is 0 Å². The molecule has 261 valence electrons. The van der Waals surface area contributed by atoms with Gasteiger partial charge in [-0.1, -0.05) is 97.3 Å². The van der Waals surface area contributed by atoms with Crippen molar-refractivity contribution in [3.8, 4) is 44.8 Å². The molecule has 0 atom stereocenters. The van der Waals surface area contributed by atoms with Gasteiger partial charge in [0.25, 0.3) is 0 Å². The van der Waals surface area contributed by atoms with E-state index < -0.39 is 8.07 Å². The van der Waals surface area contributed by atoms with Crippen LogP contribution < -0.4 is 5.19 Å². The zero-order valence-corrected chi connectivity index (χ0v) is 34.3. The molecule has 8 aromatic rings. The fraction of sp³-hybridized carbons (Fsp3) is 0.130. The molecule has 1 radical (unpaired) electrons. The number of hydrogen-bond acceptors (Lipinski definition) is 3. The van der Waals surface area contributed by atoms with Crippen LogP contribution in [0.1, 0.15) is 16.7 Å². The van der Waals surface area contributed by atoms with Crippen molar-refractivity contribution in [1.82, 2.24) is 9.97 Å². The van der Waals surface area contributed by atoms with E-state index in [4.69, 9.17) is 4.98 Å². The van der Waals surface area contributed by atoms with Crippen molar-refractivity contribution in [2.45, 2.75) is 40.4 Å². The molecule has 0 saturated heterocycles. The van der Waals surface area contributed by atoms with Crippen LogP contribution in [-0.2, 0) is 20.1 Å². The quantitative estimate of drug-likeness (QED) is 0.127. The second kappa shape index (κ2) is 15.6. The molecule has 3 aromatic heterocycles. The van der Waals surface area contributed by atoms with Gasteiger partial charge in [0.2, 0.25) is 0 Å². The SMILES string of the molecule is C[Si](C)(C)c1cnc(-c2[c-]cccc2)cc1-c1ccccc1.Cc1cc(C)c(-c2ccnc(-c3[c-]ccc4c3sc3c(F)cccc34)c2)c(C)c1.[Ir]. The molecule has 0 aliphatic heterocycles. The number of aryl methyl sites for hydroxylation is 3. The molecular formula is C46H39FIrN2SSi-2. The minimum atomic E-state index is -1.46. The minimum absolute atomic E-state index is 0. The van der Waals surface area contributed by atoms with Gasteiger partial charge >= 0.3 is 0 Å². The molecule has 3 heterocycles. The smallest absolute Gasteiger partial charge is 0.140 e. The maximum Gasteiger partial charge on any atom is 0.140 e. The molecule has 0 aliphatic carbocycles. The molecule has 8 rings (SSSR count). The maximum absolute atomic E-state index is 14.4. The first-order valence-electron chi connectivity index (χ1n) is 17.2. The van der Waals surface area contributed by atoms with Crippen molar-refractivity contribution in [2.75, 3.05) is 0 Å². The molecule has 0 aliphatic rings. The summed E-state index contributed by atoms with van der Waals surface area (Å²) in [5.41, 5.74) is 12.5. The predicted molar refractivity (Wildman–Crippen MR) is 218 cm³/mol. The van der Waals surface area contributed by atoms with Crippen LogP contribution in [0, 0.1) is 38.7 Å². The Bertz CT molecular complexity index is 2480. The Balaban J connectivity index is 0.000000182. The molecule has 0 fully saturated rings. The van der Waals surface area contributed by atoms with E-state index in [1.54, 1.807) is 6.07 Å². The molecule has 0 spiro atoms. The third-order valence-corrected chi connectivity index (χ3v) is 12.4. The van der Waals surface area contributed by atoms with Gasteiger partial charge in [0.15, 0.2) is 0 Å². The van der Waals surface area contributed by atoms with Gasteiger partial charge in [-0.3, -0.25) is 0 Å². The Morgan fingerprint density at radius 2 is 1.38 bits per heavy atom. The topological polar surface area (TPSA) is 25.8 Å². The summed E-state index contributed by atoms with van der Waals surface area (Å²) in [6.07, 6.45) is 3.93. The van der Waals surface area contributed by atoms with Gasteiger partial charge in [-0.25, -0.2) is 4.39 Å². The van der Waals surface area contributed by atoms with E-state index in [-0.39, 0.29) is 25.9 Å². The first-order valence-corrected chi connectivity index (χ1v) is 21.5. The van der Waals surface area contributed by atoms with Gasteiger partial charge < -0.3 is 9.97 Å². The van der Waals surface area contributed by atoms with E-state index in [9.17, 15) is 4.39 Å². The third-order valence-electron chi connectivity index (χ3n) is 9.17. The molecular weight excluding hydrogens is 852 g/mol. The molecule has 0 unspecified atom stereocenters. The number of thiophene rings is 1. The number of benzene rings is 5. The Morgan fingerprint density at radius 3 is 2.10 bits per heavy atom. The van der Waals surface area contributed by atoms with Gasteiger partial charge in [-0.05, 0) is 92.9 Å². The van der Waals surface area contributed by atoms with Gasteiger partial charge in [0.1, 0.15) is 5.82 Å². The second-order valence-corrected chi connectivity index (χ2v) is 20.1. The van der Waals surface area contributed by atoms with Gasteiger partial charge in [-0.15, -0.1) is 59.7 Å². The van der Waals surface area contributed by atoms with Crippen LogP contribution in [0.2, 0.25) is 19.6 Å². The van der Waals surface area contributed by atoms with Crippen molar-refractivity contribution >= 4 is 44.8 Å². The number of fused-ring (bicyclic) bond motifs is 3. The number of aromatic nitrogens is 2. The summed E-state index contributed by atoms with van der Waals surface area (Å²) in [5, 5.41) is 3.40. The molecule has 0 bridgehead atoms. The number of hydrogen-bond donors (Lipinski definition) is 0. The number of rotatable bonds is 5. The van der Waals surface area contributed by atoms with Crippen LogP contribution in [0.25, 0.3) is 64.9 Å². The molecule has 0 amide bonds. The number of pyridine rings is 2. The van der Waals surface area contributed by atoms with Crippen molar-refractivity contribution in [2.24, 2.45) is 0 Å². The molecule has 5 aromatic carbocycles. The summed E-state index contributed by atoms with van der Waals surface area (Å²) in [7, 11) is -1.46. The average Bonchev–Trinajstić information content (AvgIpc) is 3.52. The Labute approximate surface area is 324 Å². The summed E-state index contributed by atoms with van der Waals surface area (Å²) in [4.78, 5) is 9.34. The standard InChI is InChI=1S/C26H19FNS.C20H20NSi.Ir/c1-15-12-16(2)24(17(3)13-15)18-10-11-28-23(14-18)21-8-4-6-19-20-7-5-9-22(27)26(20)29-25(19)21;1-22(2,3)20-15-21-19(17-12-8-5-9-13-17)14-18(20)16-10-6-4-7-11-16;/h4-7,9-14H,1-3H3;4-12,14-15H,1-3H3;/q2*-1;. The summed E-state index contributed by atoms with van der Waals surface area (Å²) in [6, 6.07) is 45.2. The van der Waals surface area contributed by atoms with Crippen molar-refractivity contribution in [1.29, 1.82) is 0 Å². The summed E-state index contributed by atoms with van der Waals surface area (Å²) >= 11 is 1.47. The third kappa shape index (κ3) is 7.62. The van der Waals surface area contributed by atoms with E-state index in [0.717, 1.165) is 43.6 Å². The van der Waals surface area contributed by atoms with Crippen LogP contribution >= 0.6 is 11.3 Å². The summed E-state index contributed by atoms with van der Waals surface area (Å²) in [5.74, 6) is -0.178. The van der Waals surface area contributed by atoms with Crippen LogP contribution in [-0.4, -0.2) is 18.0 Å². The predicted octanol–water partition coefficient (Wildman–Crippen LogP) is 12.4. The number of nitrogens with zero attached hydrogens (tertiary/aromatic N) is 2. The first kappa shape index (κ1) is 37.2. The van der Waals surface area contributed by atoms with Crippen LogP contribution in [0.5, 0.6) is 0 Å². The van der Waals surface area contributed by atoms with E-state index in [0.29, 0.717) is 4.70 Å². The van der Waals surface area contributed by atoms with E-state index in [1.807, 2.05) is 42.6 Å². The Morgan fingerprint density at radius 1 is 0.654 bits per heavy atom. The maximum atomic E-state index is 14.4. The second-order valence-electron chi connectivity index (χ2n) is 14.0. The molecule has 0 saturated carbocycles. The zero-order valence-electron chi connectivity index (χ0n) is 30.1. The first-order chi connectivity index (χ1) is 24.6. The van der Waals surface area contributed by atoms with Gasteiger partial charge in [-0.2, -0.15) is 11.3 Å². The minimum Gasteiger partial charge on any atom is -0.305 e. The van der Waals surface area contributed by atoms with Gasteiger partial charge in [0, 0.05) is 32.5 Å². The monoisotopic (exact) mass is 891 g/mol. The largest absolute Gasteiger partial charge is 0.305 e. The fourth-order valence-electron chi connectivity index (χ4n) is 6.89. The molecule has 6 heteroatoms. The normalized spacial score (nSPS) is 11.2. The Kier molecular flexibility index (Phi) is 11.1. The summed E-state index contributed by atoms with van der Waals surface area (Å²) in [6.45, 7) is 13.5. The van der Waals surface area contributed by atoms with Crippen molar-refractivity contribution in [3.05, 3.63) is 162 Å². The summed E-state index contributed by atoms with van der Waals surface area (Å²) < 4.78 is 16.1. The average molecular weight is 891 g/mol. The number of halogens is 1. The van der Waals surface area contributed by atoms with E-state index >= 15 is 0 Å². The van der Waals surface area contributed by atoms with Crippen molar-refractivity contribution in [3.63, 3.8) is 0 Å². The molecule has 52 heavy (non-hydrogen) atoms. The zero-order chi connectivity index (χ0) is 35.7.